The number of nitrogens with one attached hydrogen (secondary N) is 1. The summed E-state index contributed by atoms with van der Waals surface area (Å²) in [7, 11) is 0. The van der Waals surface area contributed by atoms with Crippen molar-refractivity contribution in [1.82, 2.24) is 4.98 Å². The number of carbonyl (C=O) groups excluding carboxylic acids is 1. The number of carbonyl (C=O) groups is 1. The molecule has 1 N–H and O–H groups in total. The fraction of sp³-hybridized carbons (Fsp3) is 0.250. The first-order chi connectivity index (χ1) is 13.8. The minimum Gasteiger partial charge on any atom is -0.309 e. The van der Waals surface area contributed by atoms with Crippen molar-refractivity contribution >= 4 is 23.5 Å². The number of pyridine rings is 1. The molecular weight excluding hydrogens is 364 g/mol. The number of rotatable bonds is 6. The number of hydrogen-bond donors (Lipinski definition) is 1. The van der Waals surface area contributed by atoms with Gasteiger partial charge in [0, 0.05) is 11.4 Å². The van der Waals surface area contributed by atoms with E-state index >= 15 is 0 Å². The zero-order valence-corrected chi connectivity index (χ0v) is 16.6. The summed E-state index contributed by atoms with van der Waals surface area (Å²) in [6.45, 7) is 0. The summed E-state index contributed by atoms with van der Waals surface area (Å²) in [5.74, 6) is 0.605. The molecule has 1 aliphatic carbocycles. The van der Waals surface area contributed by atoms with Gasteiger partial charge in [0.15, 0.2) is 0 Å². The lowest BCUT2D eigenvalue weighted by Crippen LogP contribution is -2.21. The standard InChI is InChI=1S/C24H24N2OS/c27-24(26-22-12-6-7-17-25-22)23(28-21-10-4-5-11-21)20-15-13-19(14-16-20)18-8-2-1-3-9-18/h1-3,6-9,12-17,21,23H,4-5,10-11H2,(H,25,26,27). The molecular formula is C24H24N2OS. The van der Waals surface area contributed by atoms with Crippen LogP contribution in [0.3, 0.4) is 0 Å². The summed E-state index contributed by atoms with van der Waals surface area (Å²) in [5, 5.41) is 3.31. The largest absolute Gasteiger partial charge is 0.309 e. The molecule has 0 aliphatic heterocycles. The lowest BCUT2D eigenvalue weighted by atomic mass is 10.0. The highest BCUT2D eigenvalue weighted by molar-refractivity contribution is 8.00. The number of aromatic nitrogens is 1. The van der Waals surface area contributed by atoms with Crippen LogP contribution in [0.4, 0.5) is 5.82 Å². The third-order valence-corrected chi connectivity index (χ3v) is 6.72. The molecule has 0 bridgehead atoms. The van der Waals surface area contributed by atoms with Gasteiger partial charge in [-0.1, -0.05) is 73.5 Å². The number of benzene rings is 2. The molecule has 3 aromatic rings. The Labute approximate surface area is 170 Å². The van der Waals surface area contributed by atoms with Gasteiger partial charge in [0.05, 0.1) is 0 Å². The van der Waals surface area contributed by atoms with Gasteiger partial charge in [0.1, 0.15) is 11.1 Å². The maximum absolute atomic E-state index is 13.1. The van der Waals surface area contributed by atoms with E-state index in [1.807, 2.05) is 36.4 Å². The van der Waals surface area contributed by atoms with E-state index in [1.165, 1.54) is 36.8 Å². The molecule has 1 atom stereocenters. The highest BCUT2D eigenvalue weighted by atomic mass is 32.2. The van der Waals surface area contributed by atoms with Gasteiger partial charge < -0.3 is 5.32 Å². The molecule has 4 heteroatoms. The lowest BCUT2D eigenvalue weighted by molar-refractivity contribution is -0.115. The Morgan fingerprint density at radius 3 is 2.25 bits per heavy atom. The molecule has 2 aromatic carbocycles. The smallest absolute Gasteiger partial charge is 0.243 e. The van der Waals surface area contributed by atoms with Crippen molar-refractivity contribution in [2.75, 3.05) is 5.32 Å². The average molecular weight is 389 g/mol. The summed E-state index contributed by atoms with van der Waals surface area (Å²) >= 11 is 1.79. The topological polar surface area (TPSA) is 42.0 Å². The summed E-state index contributed by atoms with van der Waals surface area (Å²) in [4.78, 5) is 17.3. The van der Waals surface area contributed by atoms with Crippen molar-refractivity contribution in [3.63, 3.8) is 0 Å². The number of nitrogens with zero attached hydrogens (tertiary/aromatic N) is 1. The zero-order chi connectivity index (χ0) is 19.2. The maximum atomic E-state index is 13.1. The first kappa shape index (κ1) is 18.8. The molecule has 0 spiro atoms. The summed E-state index contributed by atoms with van der Waals surface area (Å²) in [6, 6.07) is 24.3. The molecule has 142 valence electrons. The van der Waals surface area contributed by atoms with E-state index in [9.17, 15) is 4.79 Å². The van der Waals surface area contributed by atoms with E-state index in [2.05, 4.69) is 46.7 Å². The number of anilines is 1. The Bertz CT molecular complexity index is 891. The van der Waals surface area contributed by atoms with Crippen LogP contribution in [0.1, 0.15) is 36.5 Å². The van der Waals surface area contributed by atoms with Gasteiger partial charge in [0.2, 0.25) is 5.91 Å². The molecule has 1 aliphatic rings. The van der Waals surface area contributed by atoms with Crippen LogP contribution in [-0.4, -0.2) is 16.1 Å². The SMILES string of the molecule is O=C(Nc1ccccn1)C(SC1CCCC1)c1ccc(-c2ccccc2)cc1. The van der Waals surface area contributed by atoms with Crippen LogP contribution >= 0.6 is 11.8 Å². The lowest BCUT2D eigenvalue weighted by Gasteiger charge is -2.20. The second-order valence-corrected chi connectivity index (χ2v) is 8.53. The number of hydrogen-bond acceptors (Lipinski definition) is 3. The monoisotopic (exact) mass is 388 g/mol. The van der Waals surface area contributed by atoms with Gasteiger partial charge in [-0.15, -0.1) is 11.8 Å². The van der Waals surface area contributed by atoms with Gasteiger partial charge in [-0.3, -0.25) is 4.79 Å². The van der Waals surface area contributed by atoms with Crippen molar-refractivity contribution in [1.29, 1.82) is 0 Å². The summed E-state index contributed by atoms with van der Waals surface area (Å²) in [5.41, 5.74) is 3.40. The molecule has 4 rings (SSSR count). The molecule has 1 aromatic heterocycles. The second kappa shape index (κ2) is 9.07. The summed E-state index contributed by atoms with van der Waals surface area (Å²) < 4.78 is 0. The molecule has 0 radical (unpaired) electrons. The minimum atomic E-state index is -0.227. The Hall–Kier alpha value is -2.59. The average Bonchev–Trinajstić information content (AvgIpc) is 3.27. The van der Waals surface area contributed by atoms with E-state index in [0.717, 1.165) is 5.56 Å². The molecule has 0 saturated heterocycles. The molecule has 1 saturated carbocycles. The second-order valence-electron chi connectivity index (χ2n) is 7.11. The van der Waals surface area contributed by atoms with Crippen LogP contribution in [0, 0.1) is 0 Å². The van der Waals surface area contributed by atoms with Crippen molar-refractivity contribution in [3.05, 3.63) is 84.6 Å². The van der Waals surface area contributed by atoms with E-state index in [1.54, 1.807) is 18.0 Å². The predicted octanol–water partition coefficient (Wildman–Crippen LogP) is 6.10. The van der Waals surface area contributed by atoms with Gasteiger partial charge in [-0.05, 0) is 41.7 Å². The van der Waals surface area contributed by atoms with Crippen LogP contribution < -0.4 is 5.32 Å². The van der Waals surface area contributed by atoms with Gasteiger partial charge in [-0.25, -0.2) is 4.98 Å². The highest BCUT2D eigenvalue weighted by Gasteiger charge is 2.27. The number of thioether (sulfide) groups is 1. The Morgan fingerprint density at radius 1 is 0.893 bits per heavy atom. The highest BCUT2D eigenvalue weighted by Crippen LogP contribution is 2.40. The summed E-state index contributed by atoms with van der Waals surface area (Å²) in [6.07, 6.45) is 6.61. The van der Waals surface area contributed by atoms with Crippen molar-refractivity contribution in [2.24, 2.45) is 0 Å². The van der Waals surface area contributed by atoms with Crippen LogP contribution in [0.25, 0.3) is 11.1 Å². The maximum Gasteiger partial charge on any atom is 0.243 e. The van der Waals surface area contributed by atoms with Crippen molar-refractivity contribution in [2.45, 2.75) is 36.2 Å². The molecule has 1 amide bonds. The molecule has 1 heterocycles. The molecule has 1 fully saturated rings. The van der Waals surface area contributed by atoms with Crippen LogP contribution in [0.15, 0.2) is 79.0 Å². The van der Waals surface area contributed by atoms with Crippen LogP contribution in [-0.2, 0) is 4.79 Å². The third kappa shape index (κ3) is 4.63. The zero-order valence-electron chi connectivity index (χ0n) is 15.8. The fourth-order valence-electron chi connectivity index (χ4n) is 3.62. The number of amides is 1. The third-order valence-electron chi connectivity index (χ3n) is 5.11. The van der Waals surface area contributed by atoms with E-state index < -0.39 is 0 Å². The van der Waals surface area contributed by atoms with Gasteiger partial charge >= 0.3 is 0 Å². The molecule has 1 unspecified atom stereocenters. The van der Waals surface area contributed by atoms with Crippen molar-refractivity contribution < 1.29 is 4.79 Å². The van der Waals surface area contributed by atoms with Crippen LogP contribution in [0.5, 0.6) is 0 Å². The van der Waals surface area contributed by atoms with Crippen molar-refractivity contribution in [3.8, 4) is 11.1 Å². The van der Waals surface area contributed by atoms with E-state index in [4.69, 9.17) is 0 Å². The van der Waals surface area contributed by atoms with Gasteiger partial charge in [-0.2, -0.15) is 0 Å². The Balaban J connectivity index is 1.56. The van der Waals surface area contributed by atoms with E-state index in [0.29, 0.717) is 11.1 Å². The van der Waals surface area contributed by atoms with Crippen LogP contribution in [0.2, 0.25) is 0 Å². The Kier molecular flexibility index (Phi) is 6.07. The normalized spacial score (nSPS) is 15.3. The predicted molar refractivity (Wildman–Crippen MR) is 117 cm³/mol. The Morgan fingerprint density at radius 2 is 1.57 bits per heavy atom. The first-order valence-corrected chi connectivity index (χ1v) is 10.8. The van der Waals surface area contributed by atoms with Gasteiger partial charge in [0.25, 0.3) is 0 Å². The minimum absolute atomic E-state index is 0.00283. The molecule has 3 nitrogen and oxygen atoms in total. The molecule has 28 heavy (non-hydrogen) atoms. The quantitative estimate of drug-likeness (QED) is 0.554. The van der Waals surface area contributed by atoms with E-state index in [-0.39, 0.29) is 11.2 Å². The first-order valence-electron chi connectivity index (χ1n) is 9.82. The fourth-order valence-corrected chi connectivity index (χ4v) is 5.11.